The number of unbranched alkanes of at least 4 members (excludes halogenated alkanes) is 3. The number of aryl methyl sites for hydroxylation is 1. The van der Waals surface area contributed by atoms with Crippen LogP contribution in [0, 0.1) is 11.6 Å². The minimum absolute atomic E-state index is 0.555. The van der Waals surface area contributed by atoms with Crippen LogP contribution in [0.15, 0.2) is 66.7 Å². The highest BCUT2D eigenvalue weighted by Gasteiger charge is 2.07. The Hall–Kier alpha value is -2.74. The maximum atomic E-state index is 13.6. The molecular formula is C26H24F2. The minimum atomic E-state index is -0.555. The highest BCUT2D eigenvalue weighted by atomic mass is 19.1. The Kier molecular flexibility index (Phi) is 5.38. The van der Waals surface area contributed by atoms with E-state index >= 15 is 0 Å². The Balaban J connectivity index is 1.68. The normalized spacial score (nSPS) is 11.4. The average Bonchev–Trinajstić information content (AvgIpc) is 2.70. The first kappa shape index (κ1) is 18.6. The van der Waals surface area contributed by atoms with Crippen LogP contribution < -0.4 is 0 Å². The molecule has 0 atom stereocenters. The molecule has 0 fully saturated rings. The SMILES string of the molecule is CCCCCCc1ccc2c(ccc3cc(-c4cc(F)cc(F)c4)ccc32)c1. The number of halogens is 2. The molecule has 0 aliphatic rings. The predicted octanol–water partition coefficient (Wildman–Crippen LogP) is 8.06. The highest BCUT2D eigenvalue weighted by Crippen LogP contribution is 2.31. The number of hydrogen-bond donors (Lipinski definition) is 0. The van der Waals surface area contributed by atoms with Gasteiger partial charge in [-0.05, 0) is 69.3 Å². The third kappa shape index (κ3) is 3.91. The molecular weight excluding hydrogens is 350 g/mol. The van der Waals surface area contributed by atoms with Crippen LogP contribution in [-0.4, -0.2) is 0 Å². The number of benzene rings is 4. The zero-order chi connectivity index (χ0) is 19.5. The Morgan fingerprint density at radius 1 is 0.607 bits per heavy atom. The molecule has 142 valence electrons. The van der Waals surface area contributed by atoms with Gasteiger partial charge in [-0.1, -0.05) is 68.7 Å². The summed E-state index contributed by atoms with van der Waals surface area (Å²) in [6.07, 6.45) is 6.21. The first-order valence-electron chi connectivity index (χ1n) is 10.1. The van der Waals surface area contributed by atoms with E-state index in [4.69, 9.17) is 0 Å². The van der Waals surface area contributed by atoms with Gasteiger partial charge in [0.15, 0.2) is 0 Å². The third-order valence-electron chi connectivity index (χ3n) is 5.42. The van der Waals surface area contributed by atoms with Crippen molar-refractivity contribution < 1.29 is 8.78 Å². The van der Waals surface area contributed by atoms with Crippen molar-refractivity contribution in [3.63, 3.8) is 0 Å². The molecule has 0 spiro atoms. The summed E-state index contributed by atoms with van der Waals surface area (Å²) >= 11 is 0. The lowest BCUT2D eigenvalue weighted by Gasteiger charge is -2.09. The Labute approximate surface area is 164 Å². The lowest BCUT2D eigenvalue weighted by Crippen LogP contribution is -1.88. The summed E-state index contributed by atoms with van der Waals surface area (Å²) in [4.78, 5) is 0. The van der Waals surface area contributed by atoms with Gasteiger partial charge in [0.05, 0.1) is 0 Å². The van der Waals surface area contributed by atoms with Crippen molar-refractivity contribution in [2.75, 3.05) is 0 Å². The van der Waals surface area contributed by atoms with E-state index in [1.165, 1.54) is 54.2 Å². The standard InChI is InChI=1S/C26H24F2/c1-2-3-4-5-6-18-7-11-25-20(13-18)8-9-21-14-19(10-12-26(21)25)22-15-23(27)17-24(28)16-22/h7-17H,2-6H2,1H3. The van der Waals surface area contributed by atoms with Gasteiger partial charge in [-0.3, -0.25) is 0 Å². The fraction of sp³-hybridized carbons (Fsp3) is 0.231. The second-order valence-electron chi connectivity index (χ2n) is 7.53. The van der Waals surface area contributed by atoms with Gasteiger partial charge in [-0.15, -0.1) is 0 Å². The largest absolute Gasteiger partial charge is 0.207 e. The van der Waals surface area contributed by atoms with E-state index < -0.39 is 11.6 Å². The van der Waals surface area contributed by atoms with Gasteiger partial charge >= 0.3 is 0 Å². The maximum Gasteiger partial charge on any atom is 0.126 e. The molecule has 4 aromatic rings. The van der Waals surface area contributed by atoms with Crippen LogP contribution in [0.3, 0.4) is 0 Å². The van der Waals surface area contributed by atoms with Gasteiger partial charge in [0, 0.05) is 6.07 Å². The summed E-state index contributed by atoms with van der Waals surface area (Å²) in [6.45, 7) is 2.23. The minimum Gasteiger partial charge on any atom is -0.207 e. The summed E-state index contributed by atoms with van der Waals surface area (Å²) in [5, 5.41) is 4.69. The van der Waals surface area contributed by atoms with Crippen LogP contribution in [0.5, 0.6) is 0 Å². The fourth-order valence-corrected chi connectivity index (χ4v) is 3.93. The molecule has 4 rings (SSSR count). The summed E-state index contributed by atoms with van der Waals surface area (Å²) in [5.74, 6) is -1.11. The van der Waals surface area contributed by atoms with E-state index in [1.54, 1.807) is 0 Å². The Bertz CT molecular complexity index is 1110. The van der Waals surface area contributed by atoms with E-state index in [2.05, 4.69) is 43.3 Å². The van der Waals surface area contributed by atoms with Gasteiger partial charge in [0.1, 0.15) is 11.6 Å². The molecule has 0 radical (unpaired) electrons. The number of rotatable bonds is 6. The molecule has 0 saturated heterocycles. The van der Waals surface area contributed by atoms with Crippen molar-refractivity contribution in [1.82, 2.24) is 0 Å². The van der Waals surface area contributed by atoms with Crippen LogP contribution in [0.4, 0.5) is 8.78 Å². The van der Waals surface area contributed by atoms with Crippen molar-refractivity contribution in [1.29, 1.82) is 0 Å². The first-order valence-corrected chi connectivity index (χ1v) is 10.1. The zero-order valence-corrected chi connectivity index (χ0v) is 16.1. The van der Waals surface area contributed by atoms with Gasteiger partial charge in [0.25, 0.3) is 0 Å². The number of fused-ring (bicyclic) bond motifs is 3. The molecule has 0 bridgehead atoms. The van der Waals surface area contributed by atoms with Crippen molar-refractivity contribution in [3.05, 3.63) is 83.9 Å². The molecule has 0 amide bonds. The molecule has 28 heavy (non-hydrogen) atoms. The predicted molar refractivity (Wildman–Crippen MR) is 115 cm³/mol. The lowest BCUT2D eigenvalue weighted by molar-refractivity contribution is 0.584. The van der Waals surface area contributed by atoms with Crippen LogP contribution in [0.25, 0.3) is 32.7 Å². The third-order valence-corrected chi connectivity index (χ3v) is 5.42. The zero-order valence-electron chi connectivity index (χ0n) is 16.1. The summed E-state index contributed by atoms with van der Waals surface area (Å²) in [6, 6.07) is 20.6. The van der Waals surface area contributed by atoms with Gasteiger partial charge in [-0.25, -0.2) is 8.78 Å². The van der Waals surface area contributed by atoms with Gasteiger partial charge in [-0.2, -0.15) is 0 Å². The molecule has 0 aliphatic heterocycles. The molecule has 0 saturated carbocycles. The number of hydrogen-bond acceptors (Lipinski definition) is 0. The fourth-order valence-electron chi connectivity index (χ4n) is 3.93. The van der Waals surface area contributed by atoms with Crippen molar-refractivity contribution in [2.24, 2.45) is 0 Å². The average molecular weight is 374 g/mol. The smallest absolute Gasteiger partial charge is 0.126 e. The summed E-state index contributed by atoms with van der Waals surface area (Å²) < 4.78 is 27.1. The molecule has 0 N–H and O–H groups in total. The second-order valence-corrected chi connectivity index (χ2v) is 7.53. The molecule has 0 heterocycles. The van der Waals surface area contributed by atoms with Crippen molar-refractivity contribution in [2.45, 2.75) is 39.0 Å². The second kappa shape index (κ2) is 8.10. The van der Waals surface area contributed by atoms with Crippen LogP contribution in [0.2, 0.25) is 0 Å². The van der Waals surface area contributed by atoms with E-state index in [0.29, 0.717) is 5.56 Å². The van der Waals surface area contributed by atoms with Gasteiger partial charge < -0.3 is 0 Å². The van der Waals surface area contributed by atoms with Crippen LogP contribution in [0.1, 0.15) is 38.2 Å². The Morgan fingerprint density at radius 2 is 1.29 bits per heavy atom. The quantitative estimate of drug-likeness (QED) is 0.236. The van der Waals surface area contributed by atoms with Gasteiger partial charge in [0.2, 0.25) is 0 Å². The monoisotopic (exact) mass is 374 g/mol. The molecule has 0 nitrogen and oxygen atoms in total. The summed E-state index contributed by atoms with van der Waals surface area (Å²) in [5.41, 5.74) is 2.76. The van der Waals surface area contributed by atoms with Crippen molar-refractivity contribution in [3.8, 4) is 11.1 Å². The van der Waals surface area contributed by atoms with Crippen molar-refractivity contribution >= 4 is 21.5 Å². The lowest BCUT2D eigenvalue weighted by atomic mass is 9.95. The topological polar surface area (TPSA) is 0 Å². The highest BCUT2D eigenvalue weighted by molar-refractivity contribution is 6.08. The maximum absolute atomic E-state index is 13.6. The van der Waals surface area contributed by atoms with Crippen LogP contribution in [-0.2, 0) is 6.42 Å². The molecule has 0 aliphatic carbocycles. The molecule has 0 unspecified atom stereocenters. The van der Waals surface area contributed by atoms with E-state index in [9.17, 15) is 8.78 Å². The van der Waals surface area contributed by atoms with E-state index in [1.807, 2.05) is 12.1 Å². The first-order chi connectivity index (χ1) is 13.6. The summed E-state index contributed by atoms with van der Waals surface area (Å²) in [7, 11) is 0. The molecule has 2 heteroatoms. The molecule has 4 aromatic carbocycles. The molecule has 0 aromatic heterocycles. The van der Waals surface area contributed by atoms with E-state index in [0.717, 1.165) is 28.8 Å². The van der Waals surface area contributed by atoms with E-state index in [-0.39, 0.29) is 0 Å². The Morgan fingerprint density at radius 3 is 2.00 bits per heavy atom. The van der Waals surface area contributed by atoms with Crippen LogP contribution >= 0.6 is 0 Å².